The molecule has 2 heterocycles. The Bertz CT molecular complexity index is 644. The van der Waals surface area contributed by atoms with Crippen LogP contribution >= 0.6 is 0 Å². The second kappa shape index (κ2) is 10.4. The van der Waals surface area contributed by atoms with Gasteiger partial charge in [-0.3, -0.25) is 14.6 Å². The van der Waals surface area contributed by atoms with Crippen LogP contribution in [0.4, 0.5) is 0 Å². The van der Waals surface area contributed by atoms with E-state index in [1.165, 1.54) is 0 Å². The number of methoxy groups -OCH3 is 1. The number of rotatable bonds is 7. The molecule has 2 aliphatic rings. The molecule has 29 heavy (non-hydrogen) atoms. The summed E-state index contributed by atoms with van der Waals surface area (Å²) in [6, 6.07) is 7.30. The first-order valence-corrected chi connectivity index (χ1v) is 10.6. The second-order valence-electron chi connectivity index (χ2n) is 8.39. The zero-order chi connectivity index (χ0) is 20.8. The molecule has 0 bridgehead atoms. The summed E-state index contributed by atoms with van der Waals surface area (Å²) >= 11 is 0. The average Bonchev–Trinajstić information content (AvgIpc) is 2.74. The van der Waals surface area contributed by atoms with Crippen LogP contribution < -0.4 is 4.74 Å². The molecule has 1 N–H and O–H groups in total. The maximum Gasteiger partial charge on any atom is 0.253 e. The number of aliphatic hydroxyl groups is 1. The fourth-order valence-electron chi connectivity index (χ4n) is 3.87. The minimum Gasteiger partial charge on any atom is -0.497 e. The van der Waals surface area contributed by atoms with E-state index in [1.54, 1.807) is 7.11 Å². The van der Waals surface area contributed by atoms with E-state index in [0.717, 1.165) is 51.6 Å². The molecule has 0 saturated carbocycles. The van der Waals surface area contributed by atoms with E-state index in [9.17, 15) is 9.90 Å². The molecule has 7 heteroatoms. The van der Waals surface area contributed by atoms with Crippen molar-refractivity contribution in [3.05, 3.63) is 29.8 Å². The van der Waals surface area contributed by atoms with E-state index in [4.69, 9.17) is 9.47 Å². The number of piperazine rings is 1. The number of nitrogens with zero attached hydrogens (tertiary/aromatic N) is 3. The molecule has 0 spiro atoms. The van der Waals surface area contributed by atoms with Crippen LogP contribution in [-0.2, 0) is 4.74 Å². The Balaban J connectivity index is 1.43. The smallest absolute Gasteiger partial charge is 0.253 e. The molecule has 2 aliphatic heterocycles. The number of aliphatic hydroxyl groups excluding tert-OH is 1. The minimum atomic E-state index is -0.290. The predicted molar refractivity (Wildman–Crippen MR) is 112 cm³/mol. The van der Waals surface area contributed by atoms with E-state index in [-0.39, 0.29) is 24.0 Å². The number of carbonyl (C=O) groups excluding carboxylic acids is 1. The van der Waals surface area contributed by atoms with Crippen molar-refractivity contribution in [1.82, 2.24) is 14.7 Å². The SMILES string of the molecule is COc1ccc(C(=O)N2CCN(C[C@H]3CN(C[C@@H](O)C(C)C)CCO3)CC2)cc1. The molecule has 3 rings (SSSR count). The molecule has 2 atom stereocenters. The van der Waals surface area contributed by atoms with Gasteiger partial charge < -0.3 is 19.5 Å². The van der Waals surface area contributed by atoms with Crippen molar-refractivity contribution in [2.24, 2.45) is 5.92 Å². The number of amides is 1. The summed E-state index contributed by atoms with van der Waals surface area (Å²) in [5, 5.41) is 10.2. The van der Waals surface area contributed by atoms with Crippen LogP contribution in [0.3, 0.4) is 0 Å². The first-order chi connectivity index (χ1) is 14.0. The van der Waals surface area contributed by atoms with Gasteiger partial charge in [0.2, 0.25) is 0 Å². The molecule has 0 aliphatic carbocycles. The molecule has 0 radical (unpaired) electrons. The number of hydrogen-bond acceptors (Lipinski definition) is 6. The van der Waals surface area contributed by atoms with Crippen molar-refractivity contribution < 1.29 is 19.4 Å². The summed E-state index contributed by atoms with van der Waals surface area (Å²) in [5.74, 6) is 1.11. The number of carbonyl (C=O) groups is 1. The topological polar surface area (TPSA) is 65.5 Å². The van der Waals surface area contributed by atoms with Crippen molar-refractivity contribution in [2.75, 3.05) is 66.1 Å². The average molecular weight is 406 g/mol. The van der Waals surface area contributed by atoms with E-state index < -0.39 is 0 Å². The van der Waals surface area contributed by atoms with Gasteiger partial charge in [0.1, 0.15) is 5.75 Å². The van der Waals surface area contributed by atoms with Crippen molar-refractivity contribution in [1.29, 1.82) is 0 Å². The van der Waals surface area contributed by atoms with Gasteiger partial charge in [0.15, 0.2) is 0 Å². The van der Waals surface area contributed by atoms with Crippen molar-refractivity contribution in [3.8, 4) is 5.75 Å². The third kappa shape index (κ3) is 6.15. The van der Waals surface area contributed by atoms with E-state index in [2.05, 4.69) is 23.6 Å². The lowest BCUT2D eigenvalue weighted by atomic mass is 10.1. The summed E-state index contributed by atoms with van der Waals surface area (Å²) in [4.78, 5) is 19.3. The highest BCUT2D eigenvalue weighted by molar-refractivity contribution is 5.94. The number of morpholine rings is 1. The lowest BCUT2D eigenvalue weighted by molar-refractivity contribution is -0.0596. The van der Waals surface area contributed by atoms with Crippen molar-refractivity contribution in [2.45, 2.75) is 26.1 Å². The predicted octanol–water partition coefficient (Wildman–Crippen LogP) is 1.17. The van der Waals surface area contributed by atoms with Gasteiger partial charge in [-0.1, -0.05) is 13.8 Å². The highest BCUT2D eigenvalue weighted by atomic mass is 16.5. The quantitative estimate of drug-likeness (QED) is 0.735. The highest BCUT2D eigenvalue weighted by Crippen LogP contribution is 2.16. The fraction of sp³-hybridized carbons (Fsp3) is 0.682. The molecule has 1 amide bonds. The molecule has 2 saturated heterocycles. The minimum absolute atomic E-state index is 0.0788. The number of hydrogen-bond donors (Lipinski definition) is 1. The van der Waals surface area contributed by atoms with Crippen LogP contribution in [0, 0.1) is 5.92 Å². The second-order valence-corrected chi connectivity index (χ2v) is 8.39. The highest BCUT2D eigenvalue weighted by Gasteiger charge is 2.27. The molecular formula is C22H35N3O4. The monoisotopic (exact) mass is 405 g/mol. The maximum absolute atomic E-state index is 12.7. The van der Waals surface area contributed by atoms with Gasteiger partial charge in [0, 0.05) is 57.9 Å². The van der Waals surface area contributed by atoms with Gasteiger partial charge >= 0.3 is 0 Å². The molecular weight excluding hydrogens is 370 g/mol. The Morgan fingerprint density at radius 3 is 2.45 bits per heavy atom. The summed E-state index contributed by atoms with van der Waals surface area (Å²) in [5.41, 5.74) is 0.703. The summed E-state index contributed by atoms with van der Waals surface area (Å²) in [6.07, 6.45) is -0.131. The lowest BCUT2D eigenvalue weighted by Crippen LogP contribution is -2.54. The fourth-order valence-corrected chi connectivity index (χ4v) is 3.87. The summed E-state index contributed by atoms with van der Waals surface area (Å²) in [6.45, 7) is 11.3. The Kier molecular flexibility index (Phi) is 7.89. The van der Waals surface area contributed by atoms with Crippen LogP contribution in [0.1, 0.15) is 24.2 Å². The molecule has 7 nitrogen and oxygen atoms in total. The van der Waals surface area contributed by atoms with Gasteiger partial charge in [0.25, 0.3) is 5.91 Å². The molecule has 0 unspecified atom stereocenters. The zero-order valence-electron chi connectivity index (χ0n) is 17.9. The lowest BCUT2D eigenvalue weighted by Gasteiger charge is -2.39. The van der Waals surface area contributed by atoms with Gasteiger partial charge in [-0.15, -0.1) is 0 Å². The first kappa shape index (κ1) is 22.0. The maximum atomic E-state index is 12.7. The van der Waals surface area contributed by atoms with Crippen LogP contribution in [-0.4, -0.2) is 104 Å². The van der Waals surface area contributed by atoms with Crippen LogP contribution in [0.5, 0.6) is 5.75 Å². The zero-order valence-corrected chi connectivity index (χ0v) is 17.9. The van der Waals surface area contributed by atoms with Crippen LogP contribution in [0.2, 0.25) is 0 Å². The molecule has 1 aromatic rings. The molecule has 162 valence electrons. The molecule has 0 aromatic heterocycles. The van der Waals surface area contributed by atoms with E-state index >= 15 is 0 Å². The van der Waals surface area contributed by atoms with Gasteiger partial charge in [-0.05, 0) is 30.2 Å². The first-order valence-electron chi connectivity index (χ1n) is 10.6. The van der Waals surface area contributed by atoms with E-state index in [0.29, 0.717) is 18.7 Å². The van der Waals surface area contributed by atoms with Gasteiger partial charge in [0.05, 0.1) is 25.9 Å². The molecule has 2 fully saturated rings. The number of ether oxygens (including phenoxy) is 2. The van der Waals surface area contributed by atoms with Crippen LogP contribution in [0.25, 0.3) is 0 Å². The van der Waals surface area contributed by atoms with E-state index in [1.807, 2.05) is 29.2 Å². The van der Waals surface area contributed by atoms with Crippen molar-refractivity contribution in [3.63, 3.8) is 0 Å². The molecule has 1 aromatic carbocycles. The number of benzene rings is 1. The Hall–Kier alpha value is -1.67. The van der Waals surface area contributed by atoms with Gasteiger partial charge in [-0.25, -0.2) is 0 Å². The van der Waals surface area contributed by atoms with Crippen LogP contribution in [0.15, 0.2) is 24.3 Å². The Morgan fingerprint density at radius 2 is 1.83 bits per heavy atom. The normalized spacial score (nSPS) is 22.7. The third-order valence-electron chi connectivity index (χ3n) is 5.90. The summed E-state index contributed by atoms with van der Waals surface area (Å²) < 4.78 is 11.1. The third-order valence-corrected chi connectivity index (χ3v) is 5.90. The number of β-amino-alcohol motifs (C(OH)–C–C–N with tert-alkyl or cyclic N) is 1. The summed E-state index contributed by atoms with van der Waals surface area (Å²) in [7, 11) is 1.62. The largest absolute Gasteiger partial charge is 0.497 e. The Morgan fingerprint density at radius 1 is 1.14 bits per heavy atom. The standard InChI is InChI=1S/C22H35N3O4/c1-17(2)21(26)16-24-12-13-29-20(15-24)14-23-8-10-25(11-9-23)22(27)18-4-6-19(28-3)7-5-18/h4-7,17,20-21,26H,8-16H2,1-3H3/t20-,21+/m0/s1. The van der Waals surface area contributed by atoms with Crippen molar-refractivity contribution >= 4 is 5.91 Å². The van der Waals surface area contributed by atoms with Gasteiger partial charge in [-0.2, -0.15) is 0 Å². The Labute approximate surface area is 174 Å².